The van der Waals surface area contributed by atoms with E-state index in [0.29, 0.717) is 35.3 Å². The summed E-state index contributed by atoms with van der Waals surface area (Å²) in [5.41, 5.74) is 6.83. The number of nitrogens with one attached hydrogen (secondary N) is 1. The second kappa shape index (κ2) is 8.45. The quantitative estimate of drug-likeness (QED) is 0.707. The van der Waals surface area contributed by atoms with Crippen LogP contribution in [0.4, 0.5) is 5.69 Å². The zero-order valence-corrected chi connectivity index (χ0v) is 17.6. The van der Waals surface area contributed by atoms with Gasteiger partial charge >= 0.3 is 0 Å². The maximum absolute atomic E-state index is 13.3. The van der Waals surface area contributed by atoms with Gasteiger partial charge in [-0.2, -0.15) is 5.26 Å². The fourth-order valence-electron chi connectivity index (χ4n) is 4.06. The first-order valence-electron chi connectivity index (χ1n) is 10.3. The Balaban J connectivity index is 1.64. The summed E-state index contributed by atoms with van der Waals surface area (Å²) in [4.78, 5) is 26.8. The number of carbonyl (C=O) groups excluding carboxylic acids is 2. The number of anilines is 1. The van der Waals surface area contributed by atoms with E-state index in [-0.39, 0.29) is 11.8 Å². The molecule has 0 aromatic heterocycles. The predicted octanol–water partition coefficient (Wildman–Crippen LogP) is 4.02. The molecular formula is C26H23N3O2. The van der Waals surface area contributed by atoms with Crippen molar-refractivity contribution in [1.29, 1.82) is 5.26 Å². The molecule has 154 valence electrons. The average Bonchev–Trinajstić information content (AvgIpc) is 2.80. The first-order valence-corrected chi connectivity index (χ1v) is 10.3. The van der Waals surface area contributed by atoms with Crippen molar-refractivity contribution < 1.29 is 9.59 Å². The Bertz CT molecular complexity index is 1210. The standard InChI is InChI=1S/C26H23N3O2/c1-17-13-20-11-12-29(24-6-4-3-5-21(24)16-27)26(31)23(20)15-22(17)14-18-7-9-19(10-8-18)25(30)28-2/h3-10,13,15H,11-12,14H2,1-2H3,(H,28,30). The van der Waals surface area contributed by atoms with E-state index < -0.39 is 0 Å². The topological polar surface area (TPSA) is 73.2 Å². The highest BCUT2D eigenvalue weighted by Crippen LogP contribution is 2.29. The van der Waals surface area contributed by atoms with Crippen molar-refractivity contribution in [3.63, 3.8) is 0 Å². The Hall–Kier alpha value is -3.91. The minimum Gasteiger partial charge on any atom is -0.355 e. The van der Waals surface area contributed by atoms with Crippen molar-refractivity contribution in [3.8, 4) is 6.07 Å². The van der Waals surface area contributed by atoms with Crippen LogP contribution in [0.5, 0.6) is 0 Å². The normalized spacial score (nSPS) is 12.8. The van der Waals surface area contributed by atoms with Crippen molar-refractivity contribution in [2.75, 3.05) is 18.5 Å². The molecule has 4 rings (SSSR count). The zero-order chi connectivity index (χ0) is 22.0. The van der Waals surface area contributed by atoms with Gasteiger partial charge in [0.25, 0.3) is 11.8 Å². The average molecular weight is 409 g/mol. The molecule has 0 radical (unpaired) electrons. The Morgan fingerprint density at radius 2 is 1.87 bits per heavy atom. The van der Waals surface area contributed by atoms with Crippen LogP contribution in [0, 0.1) is 18.3 Å². The Kier molecular flexibility index (Phi) is 5.55. The van der Waals surface area contributed by atoms with Crippen LogP contribution in [0.25, 0.3) is 0 Å². The lowest BCUT2D eigenvalue weighted by Gasteiger charge is -2.30. The first kappa shape index (κ1) is 20.4. The van der Waals surface area contributed by atoms with Crippen LogP contribution in [-0.2, 0) is 12.8 Å². The summed E-state index contributed by atoms with van der Waals surface area (Å²) in [7, 11) is 1.61. The minimum absolute atomic E-state index is 0.0693. The number of nitrogens with zero attached hydrogens (tertiary/aromatic N) is 2. The van der Waals surface area contributed by atoms with E-state index in [2.05, 4.69) is 24.4 Å². The summed E-state index contributed by atoms with van der Waals surface area (Å²) in [6.45, 7) is 2.63. The number of fused-ring (bicyclic) bond motifs is 1. The molecule has 0 atom stereocenters. The second-order valence-electron chi connectivity index (χ2n) is 7.72. The number of nitriles is 1. The zero-order valence-electron chi connectivity index (χ0n) is 17.6. The number of benzene rings is 3. The monoisotopic (exact) mass is 409 g/mol. The van der Waals surface area contributed by atoms with Crippen molar-refractivity contribution in [3.05, 3.63) is 99.6 Å². The van der Waals surface area contributed by atoms with Gasteiger partial charge in [-0.05, 0) is 72.4 Å². The molecule has 5 heteroatoms. The maximum Gasteiger partial charge on any atom is 0.258 e. The fourth-order valence-corrected chi connectivity index (χ4v) is 4.06. The molecule has 0 unspecified atom stereocenters. The summed E-state index contributed by atoms with van der Waals surface area (Å²) >= 11 is 0. The van der Waals surface area contributed by atoms with Gasteiger partial charge in [-0.25, -0.2) is 0 Å². The van der Waals surface area contributed by atoms with Gasteiger partial charge < -0.3 is 10.2 Å². The van der Waals surface area contributed by atoms with Crippen LogP contribution in [0.2, 0.25) is 0 Å². The molecule has 1 N–H and O–H groups in total. The summed E-state index contributed by atoms with van der Waals surface area (Å²) in [6.07, 6.45) is 1.43. The van der Waals surface area contributed by atoms with Crippen molar-refractivity contribution >= 4 is 17.5 Å². The molecule has 2 amide bonds. The molecule has 0 saturated carbocycles. The summed E-state index contributed by atoms with van der Waals surface area (Å²) in [5, 5.41) is 12.1. The largest absolute Gasteiger partial charge is 0.355 e. The molecule has 1 heterocycles. The Morgan fingerprint density at radius 3 is 2.58 bits per heavy atom. The number of hydrogen-bond donors (Lipinski definition) is 1. The van der Waals surface area contributed by atoms with Crippen molar-refractivity contribution in [1.82, 2.24) is 5.32 Å². The molecule has 3 aromatic carbocycles. The third kappa shape index (κ3) is 3.93. The van der Waals surface area contributed by atoms with Crippen molar-refractivity contribution in [2.24, 2.45) is 0 Å². The van der Waals surface area contributed by atoms with Crippen molar-refractivity contribution in [2.45, 2.75) is 19.8 Å². The van der Waals surface area contributed by atoms with Gasteiger partial charge in [-0.3, -0.25) is 9.59 Å². The number of carbonyl (C=O) groups is 2. The number of amides is 2. The van der Waals surface area contributed by atoms with Gasteiger partial charge in [0.1, 0.15) is 6.07 Å². The van der Waals surface area contributed by atoms with Crippen LogP contribution in [0.15, 0.2) is 60.7 Å². The summed E-state index contributed by atoms with van der Waals surface area (Å²) in [6, 6.07) is 21.0. The van der Waals surface area contributed by atoms with Gasteiger partial charge in [-0.1, -0.05) is 30.3 Å². The predicted molar refractivity (Wildman–Crippen MR) is 120 cm³/mol. The van der Waals surface area contributed by atoms with E-state index in [1.807, 2.05) is 42.5 Å². The molecule has 1 aliphatic rings. The van der Waals surface area contributed by atoms with Gasteiger partial charge in [0.15, 0.2) is 0 Å². The third-order valence-electron chi connectivity index (χ3n) is 5.80. The fraction of sp³-hybridized carbons (Fsp3) is 0.192. The van der Waals surface area contributed by atoms with Gasteiger partial charge in [0, 0.05) is 24.7 Å². The molecule has 3 aromatic rings. The SMILES string of the molecule is CNC(=O)c1ccc(Cc2cc3c(cc2C)CCN(c2ccccc2C#N)C3=O)cc1. The van der Waals surface area contributed by atoms with Crippen LogP contribution in [0.3, 0.4) is 0 Å². The number of hydrogen-bond acceptors (Lipinski definition) is 3. The highest BCUT2D eigenvalue weighted by molar-refractivity contribution is 6.09. The molecule has 0 bridgehead atoms. The summed E-state index contributed by atoms with van der Waals surface area (Å²) in [5.74, 6) is -0.181. The van der Waals surface area contributed by atoms with Crippen LogP contribution < -0.4 is 10.2 Å². The number of aryl methyl sites for hydroxylation is 1. The highest BCUT2D eigenvalue weighted by Gasteiger charge is 2.27. The van der Waals surface area contributed by atoms with E-state index in [9.17, 15) is 14.9 Å². The maximum atomic E-state index is 13.3. The molecule has 0 fully saturated rings. The molecule has 0 aliphatic carbocycles. The van der Waals surface area contributed by atoms with Gasteiger partial charge in [0.2, 0.25) is 0 Å². The molecule has 31 heavy (non-hydrogen) atoms. The Labute approximate surface area is 181 Å². The van der Waals surface area contributed by atoms with Crippen LogP contribution >= 0.6 is 0 Å². The van der Waals surface area contributed by atoms with E-state index in [4.69, 9.17) is 0 Å². The molecule has 5 nitrogen and oxygen atoms in total. The van der Waals surface area contributed by atoms with E-state index in [0.717, 1.165) is 28.7 Å². The first-order chi connectivity index (χ1) is 15.0. The molecular weight excluding hydrogens is 386 g/mol. The lowest BCUT2D eigenvalue weighted by molar-refractivity contribution is 0.0960. The van der Waals surface area contributed by atoms with Crippen LogP contribution in [-0.4, -0.2) is 25.4 Å². The van der Waals surface area contributed by atoms with E-state index in [1.54, 1.807) is 24.1 Å². The smallest absolute Gasteiger partial charge is 0.258 e. The minimum atomic E-state index is -0.111. The van der Waals surface area contributed by atoms with Crippen LogP contribution in [0.1, 0.15) is 48.5 Å². The highest BCUT2D eigenvalue weighted by atomic mass is 16.2. The van der Waals surface area contributed by atoms with Gasteiger partial charge in [-0.15, -0.1) is 0 Å². The summed E-state index contributed by atoms with van der Waals surface area (Å²) < 4.78 is 0. The number of rotatable bonds is 4. The van der Waals surface area contributed by atoms with E-state index in [1.165, 1.54) is 0 Å². The molecule has 0 spiro atoms. The second-order valence-corrected chi connectivity index (χ2v) is 7.72. The molecule has 1 aliphatic heterocycles. The lowest BCUT2D eigenvalue weighted by atomic mass is 9.90. The Morgan fingerprint density at radius 1 is 1.13 bits per heavy atom. The third-order valence-corrected chi connectivity index (χ3v) is 5.80. The van der Waals surface area contributed by atoms with Gasteiger partial charge in [0.05, 0.1) is 11.3 Å². The lowest BCUT2D eigenvalue weighted by Crippen LogP contribution is -2.38. The molecule has 0 saturated heterocycles. The van der Waals surface area contributed by atoms with E-state index >= 15 is 0 Å². The number of para-hydroxylation sites is 1.